The molecular formula is C11H10ClF3O3. The van der Waals surface area contributed by atoms with E-state index in [9.17, 15) is 23.1 Å². The summed E-state index contributed by atoms with van der Waals surface area (Å²) in [5, 5.41) is 17.7. The normalized spacial score (nSPS) is 11.6. The van der Waals surface area contributed by atoms with Crippen LogP contribution in [0.4, 0.5) is 13.2 Å². The van der Waals surface area contributed by atoms with Crippen LogP contribution in [0.15, 0.2) is 12.1 Å². The van der Waals surface area contributed by atoms with Crippen molar-refractivity contribution in [2.75, 3.05) is 0 Å². The minimum absolute atomic E-state index is 0.106. The predicted molar refractivity (Wildman–Crippen MR) is 58.7 cm³/mol. The van der Waals surface area contributed by atoms with Crippen molar-refractivity contribution >= 4 is 17.6 Å². The highest BCUT2D eigenvalue weighted by Gasteiger charge is 2.32. The first-order chi connectivity index (χ1) is 8.21. The van der Waals surface area contributed by atoms with Crippen LogP contribution in [0.25, 0.3) is 0 Å². The van der Waals surface area contributed by atoms with Crippen molar-refractivity contribution in [2.45, 2.75) is 25.4 Å². The summed E-state index contributed by atoms with van der Waals surface area (Å²) in [6, 6.07) is 1.30. The molecule has 18 heavy (non-hydrogen) atoms. The van der Waals surface area contributed by atoms with E-state index in [-0.39, 0.29) is 29.8 Å². The molecule has 100 valence electrons. The van der Waals surface area contributed by atoms with Crippen LogP contribution < -0.4 is 0 Å². The van der Waals surface area contributed by atoms with Crippen molar-refractivity contribution < 1.29 is 28.2 Å². The lowest BCUT2D eigenvalue weighted by atomic mass is 10.0. The Morgan fingerprint density at radius 2 is 1.94 bits per heavy atom. The second-order valence-corrected chi connectivity index (χ2v) is 4.11. The standard InChI is InChI=1S/C11H10ClF3O3/c12-8-4-6(11(13,14)15)5-9(16)7(8)2-1-3-10(17)18/h4-5,16H,1-3H2,(H,17,18). The number of hydrogen-bond donors (Lipinski definition) is 2. The summed E-state index contributed by atoms with van der Waals surface area (Å²) >= 11 is 5.65. The average Bonchev–Trinajstić information content (AvgIpc) is 2.20. The van der Waals surface area contributed by atoms with Gasteiger partial charge in [-0.05, 0) is 25.0 Å². The smallest absolute Gasteiger partial charge is 0.416 e. The molecule has 0 unspecified atom stereocenters. The number of carboxylic acids is 1. The number of phenolic OH excluding ortho intramolecular Hbond substituents is 1. The lowest BCUT2D eigenvalue weighted by Crippen LogP contribution is -2.05. The molecule has 0 saturated carbocycles. The van der Waals surface area contributed by atoms with E-state index in [2.05, 4.69) is 0 Å². The molecule has 1 rings (SSSR count). The highest BCUT2D eigenvalue weighted by atomic mass is 35.5. The van der Waals surface area contributed by atoms with E-state index in [1.165, 1.54) is 0 Å². The number of carbonyl (C=O) groups is 1. The van der Waals surface area contributed by atoms with E-state index in [0.29, 0.717) is 6.07 Å². The monoisotopic (exact) mass is 282 g/mol. The van der Waals surface area contributed by atoms with Gasteiger partial charge in [-0.15, -0.1) is 0 Å². The lowest BCUT2D eigenvalue weighted by molar-refractivity contribution is -0.138. The summed E-state index contributed by atoms with van der Waals surface area (Å²) < 4.78 is 37.2. The van der Waals surface area contributed by atoms with Crippen molar-refractivity contribution in [3.63, 3.8) is 0 Å². The molecule has 0 aliphatic rings. The van der Waals surface area contributed by atoms with Gasteiger partial charge in [0, 0.05) is 17.0 Å². The Morgan fingerprint density at radius 3 is 2.39 bits per heavy atom. The van der Waals surface area contributed by atoms with Crippen LogP contribution in [0, 0.1) is 0 Å². The number of aliphatic carboxylic acids is 1. The van der Waals surface area contributed by atoms with Gasteiger partial charge in [-0.3, -0.25) is 4.79 Å². The van der Waals surface area contributed by atoms with Gasteiger partial charge in [0.15, 0.2) is 0 Å². The van der Waals surface area contributed by atoms with Crippen LogP contribution in [-0.2, 0) is 17.4 Å². The molecular weight excluding hydrogens is 273 g/mol. The summed E-state index contributed by atoms with van der Waals surface area (Å²) in [5.41, 5.74) is -0.905. The Hall–Kier alpha value is -1.43. The number of rotatable bonds is 4. The molecule has 1 aromatic rings. The summed E-state index contributed by atoms with van der Waals surface area (Å²) in [7, 11) is 0. The van der Waals surface area contributed by atoms with Gasteiger partial charge in [0.25, 0.3) is 0 Å². The third kappa shape index (κ3) is 3.80. The van der Waals surface area contributed by atoms with Crippen LogP contribution in [-0.4, -0.2) is 16.2 Å². The molecule has 0 aliphatic heterocycles. The maximum Gasteiger partial charge on any atom is 0.416 e. The fourth-order valence-electron chi connectivity index (χ4n) is 1.45. The molecule has 0 aliphatic carbocycles. The van der Waals surface area contributed by atoms with Gasteiger partial charge in [0.1, 0.15) is 5.75 Å². The highest BCUT2D eigenvalue weighted by molar-refractivity contribution is 6.31. The first-order valence-corrected chi connectivity index (χ1v) is 5.40. The highest BCUT2D eigenvalue weighted by Crippen LogP contribution is 2.37. The molecule has 0 atom stereocenters. The molecule has 7 heteroatoms. The van der Waals surface area contributed by atoms with E-state index in [1.807, 2.05) is 0 Å². The molecule has 0 saturated heterocycles. The van der Waals surface area contributed by atoms with Gasteiger partial charge in [0.2, 0.25) is 0 Å². The Morgan fingerprint density at radius 1 is 1.33 bits per heavy atom. The number of phenols is 1. The molecule has 0 spiro atoms. The molecule has 2 N–H and O–H groups in total. The average molecular weight is 283 g/mol. The van der Waals surface area contributed by atoms with Gasteiger partial charge in [-0.2, -0.15) is 13.2 Å². The van der Waals surface area contributed by atoms with Gasteiger partial charge in [-0.1, -0.05) is 11.6 Å². The molecule has 0 heterocycles. The van der Waals surface area contributed by atoms with Crippen LogP contribution in [0.5, 0.6) is 5.75 Å². The summed E-state index contributed by atoms with van der Waals surface area (Å²) in [4.78, 5) is 10.3. The first kappa shape index (κ1) is 14.6. The maximum absolute atomic E-state index is 12.4. The topological polar surface area (TPSA) is 57.5 Å². The lowest BCUT2D eigenvalue weighted by Gasteiger charge is -2.11. The van der Waals surface area contributed by atoms with E-state index in [4.69, 9.17) is 16.7 Å². The molecule has 0 radical (unpaired) electrons. The molecule has 0 fully saturated rings. The fourth-order valence-corrected chi connectivity index (χ4v) is 1.76. The Bertz CT molecular complexity index is 434. The van der Waals surface area contributed by atoms with Crippen LogP contribution in [0.2, 0.25) is 5.02 Å². The number of hydrogen-bond acceptors (Lipinski definition) is 2. The molecule has 0 aromatic heterocycles. The van der Waals surface area contributed by atoms with Crippen molar-refractivity contribution in [3.05, 3.63) is 28.3 Å². The summed E-state index contributed by atoms with van der Waals surface area (Å²) in [6.07, 6.45) is -4.43. The van der Waals surface area contributed by atoms with E-state index in [0.717, 1.165) is 6.07 Å². The number of halogens is 4. The molecule has 0 bridgehead atoms. The van der Waals surface area contributed by atoms with E-state index < -0.39 is 23.5 Å². The third-order valence-electron chi connectivity index (χ3n) is 2.32. The second-order valence-electron chi connectivity index (χ2n) is 3.70. The summed E-state index contributed by atoms with van der Waals surface area (Å²) in [5.74, 6) is -1.59. The SMILES string of the molecule is O=C(O)CCCc1c(O)cc(C(F)(F)F)cc1Cl. The quantitative estimate of drug-likeness (QED) is 0.889. The largest absolute Gasteiger partial charge is 0.508 e. The van der Waals surface area contributed by atoms with E-state index in [1.54, 1.807) is 0 Å². The Kier molecular flexibility index (Phi) is 4.45. The predicted octanol–water partition coefficient (Wildman–Crippen LogP) is 3.47. The minimum Gasteiger partial charge on any atom is -0.508 e. The fraction of sp³-hybridized carbons (Fsp3) is 0.364. The first-order valence-electron chi connectivity index (χ1n) is 5.02. The zero-order valence-corrected chi connectivity index (χ0v) is 9.85. The van der Waals surface area contributed by atoms with E-state index >= 15 is 0 Å². The van der Waals surface area contributed by atoms with Crippen molar-refractivity contribution in [1.29, 1.82) is 0 Å². The number of alkyl halides is 3. The van der Waals surface area contributed by atoms with Gasteiger partial charge in [-0.25, -0.2) is 0 Å². The minimum atomic E-state index is -4.58. The molecule has 3 nitrogen and oxygen atoms in total. The van der Waals surface area contributed by atoms with Crippen molar-refractivity contribution in [2.24, 2.45) is 0 Å². The number of benzene rings is 1. The van der Waals surface area contributed by atoms with Gasteiger partial charge < -0.3 is 10.2 Å². The van der Waals surface area contributed by atoms with Crippen molar-refractivity contribution in [1.82, 2.24) is 0 Å². The second kappa shape index (κ2) is 5.48. The Balaban J connectivity index is 2.91. The summed E-state index contributed by atoms with van der Waals surface area (Å²) in [6.45, 7) is 0. The third-order valence-corrected chi connectivity index (χ3v) is 2.65. The van der Waals surface area contributed by atoms with Gasteiger partial charge in [0.05, 0.1) is 5.56 Å². The zero-order valence-electron chi connectivity index (χ0n) is 9.09. The zero-order chi connectivity index (χ0) is 13.9. The van der Waals surface area contributed by atoms with Crippen molar-refractivity contribution in [3.8, 4) is 5.75 Å². The van der Waals surface area contributed by atoms with Gasteiger partial charge >= 0.3 is 12.1 Å². The van der Waals surface area contributed by atoms with Crippen LogP contribution in [0.3, 0.4) is 0 Å². The number of aromatic hydroxyl groups is 1. The molecule has 1 aromatic carbocycles. The van der Waals surface area contributed by atoms with Crippen LogP contribution >= 0.6 is 11.6 Å². The van der Waals surface area contributed by atoms with Crippen LogP contribution in [0.1, 0.15) is 24.0 Å². The number of carboxylic acid groups (broad SMARTS) is 1. The maximum atomic E-state index is 12.4. The molecule has 0 amide bonds. The Labute approximate surface area is 106 Å².